The van der Waals surface area contributed by atoms with Crippen molar-refractivity contribution in [3.05, 3.63) is 102 Å². The first-order valence-electron chi connectivity index (χ1n) is 13.8. The average molecular weight is 646 g/mol. The van der Waals surface area contributed by atoms with Crippen LogP contribution in [-0.2, 0) is 10.0 Å². The Balaban J connectivity index is 1.27. The van der Waals surface area contributed by atoms with Gasteiger partial charge in [0, 0.05) is 53.7 Å². The van der Waals surface area contributed by atoms with Gasteiger partial charge in [0.05, 0.1) is 15.5 Å². The summed E-state index contributed by atoms with van der Waals surface area (Å²) >= 11 is 6.48. The Kier molecular flexibility index (Phi) is 9.40. The van der Waals surface area contributed by atoms with E-state index in [9.17, 15) is 18.0 Å². The van der Waals surface area contributed by atoms with E-state index in [0.29, 0.717) is 41.2 Å². The summed E-state index contributed by atoms with van der Waals surface area (Å²) in [5, 5.41) is 9.82. The summed E-state index contributed by atoms with van der Waals surface area (Å²) in [7, 11) is -3.95. The van der Waals surface area contributed by atoms with Crippen molar-refractivity contribution in [2.75, 3.05) is 28.4 Å². The molecule has 0 saturated carbocycles. The monoisotopic (exact) mass is 645 g/mol. The Morgan fingerprint density at radius 2 is 1.64 bits per heavy atom. The molecule has 3 N–H and O–H groups in total. The number of rotatable bonds is 10. The van der Waals surface area contributed by atoms with Gasteiger partial charge in [0.15, 0.2) is 0 Å². The second-order valence-electron chi connectivity index (χ2n) is 9.63. The highest BCUT2D eigenvalue weighted by atomic mass is 35.5. The molecule has 45 heavy (non-hydrogen) atoms. The van der Waals surface area contributed by atoms with Crippen molar-refractivity contribution < 1.29 is 22.5 Å². The van der Waals surface area contributed by atoms with Crippen LogP contribution in [0.15, 0.2) is 101 Å². The fourth-order valence-corrected chi connectivity index (χ4v) is 5.60. The SMILES string of the molecule is CCN(CC)C(=O)Nc1ccc(S(=O)(=O)Nc2cccc(-c3nc(-c4ccc(NC(=O)c5cccnc5)cc4Cl)no3)c2)cc1. The quantitative estimate of drug-likeness (QED) is 0.158. The first kappa shape index (κ1) is 31.2. The molecule has 2 aromatic heterocycles. The molecule has 0 aliphatic heterocycles. The minimum atomic E-state index is -3.95. The van der Waals surface area contributed by atoms with Gasteiger partial charge in [-0.2, -0.15) is 4.98 Å². The zero-order chi connectivity index (χ0) is 32.0. The molecule has 0 unspecified atom stereocenters. The number of benzene rings is 3. The standard InChI is InChI=1S/C31H28ClN7O5S/c1-3-39(4-2)31(41)35-22-10-13-25(14-11-22)45(42,43)38-24-9-5-7-20(17-24)30-36-28(37-44-30)26-15-12-23(18-27(26)32)34-29(40)21-8-6-16-33-19-21/h5-19,38H,3-4H2,1-2H3,(H,34,40)(H,35,41). The molecule has 5 aromatic rings. The minimum absolute atomic E-state index is 0.0172. The number of carbonyl (C=O) groups excluding carboxylic acids is 2. The van der Waals surface area contributed by atoms with Crippen molar-refractivity contribution in [1.82, 2.24) is 20.0 Å². The van der Waals surface area contributed by atoms with E-state index >= 15 is 0 Å². The molecular formula is C31H28ClN7O5S. The van der Waals surface area contributed by atoms with Crippen LogP contribution in [0.2, 0.25) is 5.02 Å². The molecule has 12 nitrogen and oxygen atoms in total. The molecule has 0 spiro atoms. The van der Waals surface area contributed by atoms with Crippen LogP contribution >= 0.6 is 11.6 Å². The number of urea groups is 1. The molecule has 0 atom stereocenters. The summed E-state index contributed by atoms with van der Waals surface area (Å²) in [6, 6.07) is 20.3. The zero-order valence-corrected chi connectivity index (χ0v) is 25.8. The van der Waals surface area contributed by atoms with Crippen LogP contribution in [0, 0.1) is 0 Å². The number of halogens is 1. The summed E-state index contributed by atoms with van der Waals surface area (Å²) in [5.41, 5.74) is 2.57. The summed E-state index contributed by atoms with van der Waals surface area (Å²) in [6.45, 7) is 4.86. The number of anilines is 3. The van der Waals surface area contributed by atoms with Crippen LogP contribution in [0.4, 0.5) is 21.9 Å². The van der Waals surface area contributed by atoms with E-state index < -0.39 is 10.0 Å². The van der Waals surface area contributed by atoms with E-state index in [4.69, 9.17) is 16.1 Å². The number of pyridine rings is 1. The maximum atomic E-state index is 13.1. The molecule has 14 heteroatoms. The van der Waals surface area contributed by atoms with Gasteiger partial charge in [0.2, 0.25) is 5.82 Å². The van der Waals surface area contributed by atoms with Gasteiger partial charge >= 0.3 is 6.03 Å². The Morgan fingerprint density at radius 3 is 2.33 bits per heavy atom. The molecule has 0 aliphatic carbocycles. The third-order valence-electron chi connectivity index (χ3n) is 6.65. The topological polar surface area (TPSA) is 159 Å². The number of nitrogens with one attached hydrogen (secondary N) is 3. The maximum absolute atomic E-state index is 13.1. The van der Waals surface area contributed by atoms with Crippen LogP contribution in [-0.4, -0.2) is 53.5 Å². The molecular weight excluding hydrogens is 618 g/mol. The van der Waals surface area contributed by atoms with E-state index in [-0.39, 0.29) is 39.3 Å². The second-order valence-corrected chi connectivity index (χ2v) is 11.7. The minimum Gasteiger partial charge on any atom is -0.334 e. The number of hydrogen-bond donors (Lipinski definition) is 3. The van der Waals surface area contributed by atoms with E-state index in [1.165, 1.54) is 30.5 Å². The largest absolute Gasteiger partial charge is 0.334 e. The normalized spacial score (nSPS) is 11.1. The number of nitrogens with zero attached hydrogens (tertiary/aromatic N) is 4. The van der Waals surface area contributed by atoms with Crippen LogP contribution < -0.4 is 15.4 Å². The Hall–Kier alpha value is -5.27. The van der Waals surface area contributed by atoms with Crippen molar-refractivity contribution in [3.63, 3.8) is 0 Å². The molecule has 0 saturated heterocycles. The van der Waals surface area contributed by atoms with Crippen LogP contribution in [0.25, 0.3) is 22.8 Å². The molecule has 5 rings (SSSR count). The number of sulfonamides is 1. The molecule has 0 bridgehead atoms. The third kappa shape index (κ3) is 7.45. The van der Waals surface area contributed by atoms with E-state index in [1.807, 2.05) is 13.8 Å². The highest BCUT2D eigenvalue weighted by molar-refractivity contribution is 7.92. The van der Waals surface area contributed by atoms with Gasteiger partial charge in [0.25, 0.3) is 21.8 Å². The van der Waals surface area contributed by atoms with Gasteiger partial charge in [-0.25, -0.2) is 13.2 Å². The first-order valence-corrected chi connectivity index (χ1v) is 15.7. The van der Waals surface area contributed by atoms with Crippen molar-refractivity contribution >= 4 is 50.6 Å². The molecule has 2 heterocycles. The molecule has 0 aliphatic rings. The molecule has 3 amide bonds. The lowest BCUT2D eigenvalue weighted by atomic mass is 10.1. The lowest BCUT2D eigenvalue weighted by Gasteiger charge is -2.19. The van der Waals surface area contributed by atoms with Gasteiger partial charge in [-0.15, -0.1) is 0 Å². The lowest BCUT2D eigenvalue weighted by Crippen LogP contribution is -2.34. The zero-order valence-electron chi connectivity index (χ0n) is 24.2. The number of hydrogen-bond acceptors (Lipinski definition) is 8. The second kappa shape index (κ2) is 13.6. The summed E-state index contributed by atoms with van der Waals surface area (Å²) < 4.78 is 34.2. The highest BCUT2D eigenvalue weighted by Gasteiger charge is 2.18. The van der Waals surface area contributed by atoms with Crippen molar-refractivity contribution in [3.8, 4) is 22.8 Å². The van der Waals surface area contributed by atoms with Gasteiger partial charge in [0.1, 0.15) is 0 Å². The summed E-state index contributed by atoms with van der Waals surface area (Å²) in [4.78, 5) is 34.7. The van der Waals surface area contributed by atoms with E-state index in [2.05, 4.69) is 30.5 Å². The van der Waals surface area contributed by atoms with Crippen LogP contribution in [0.5, 0.6) is 0 Å². The summed E-state index contributed by atoms with van der Waals surface area (Å²) in [6.07, 6.45) is 3.04. The molecule has 0 radical (unpaired) electrons. The number of amides is 3. The predicted octanol–water partition coefficient (Wildman–Crippen LogP) is 6.38. The van der Waals surface area contributed by atoms with Gasteiger partial charge < -0.3 is 20.1 Å². The smallest absolute Gasteiger partial charge is 0.321 e. The van der Waals surface area contributed by atoms with Crippen molar-refractivity contribution in [2.24, 2.45) is 0 Å². The van der Waals surface area contributed by atoms with Crippen LogP contribution in [0.1, 0.15) is 24.2 Å². The van der Waals surface area contributed by atoms with Gasteiger partial charge in [-0.1, -0.05) is 22.8 Å². The number of carbonyl (C=O) groups is 2. The lowest BCUT2D eigenvalue weighted by molar-refractivity contribution is 0.102. The highest BCUT2D eigenvalue weighted by Crippen LogP contribution is 2.31. The Labute approximate surface area is 264 Å². The Morgan fingerprint density at radius 1 is 0.889 bits per heavy atom. The van der Waals surface area contributed by atoms with Crippen LogP contribution in [0.3, 0.4) is 0 Å². The average Bonchev–Trinajstić information content (AvgIpc) is 3.52. The maximum Gasteiger partial charge on any atom is 0.321 e. The van der Waals surface area contributed by atoms with Gasteiger partial charge in [-0.05, 0) is 86.6 Å². The number of aromatic nitrogens is 3. The van der Waals surface area contributed by atoms with E-state index in [1.54, 1.807) is 65.7 Å². The third-order valence-corrected chi connectivity index (χ3v) is 8.36. The Bertz CT molecular complexity index is 1930. The molecule has 0 fully saturated rings. The first-order chi connectivity index (χ1) is 21.7. The predicted molar refractivity (Wildman–Crippen MR) is 172 cm³/mol. The molecule has 230 valence electrons. The fraction of sp³-hybridized carbons (Fsp3) is 0.129. The van der Waals surface area contributed by atoms with Crippen molar-refractivity contribution in [1.29, 1.82) is 0 Å². The van der Waals surface area contributed by atoms with Crippen molar-refractivity contribution in [2.45, 2.75) is 18.7 Å². The molecule has 3 aromatic carbocycles. The van der Waals surface area contributed by atoms with E-state index in [0.717, 1.165) is 0 Å². The summed E-state index contributed by atoms with van der Waals surface area (Å²) in [5.74, 6) is 0.0179. The fourth-order valence-electron chi connectivity index (χ4n) is 4.29. The van der Waals surface area contributed by atoms with Gasteiger partial charge in [-0.3, -0.25) is 14.5 Å².